The molecule has 1 aromatic carbocycles. The molecule has 1 fully saturated rings. The van der Waals surface area contributed by atoms with Gasteiger partial charge in [0, 0.05) is 0 Å². The number of rotatable bonds is 3. The van der Waals surface area contributed by atoms with Crippen LogP contribution in [0, 0.1) is 0 Å². The maximum atomic E-state index is 11.6. The number of hydrogen-bond donors (Lipinski definition) is 0. The lowest BCUT2D eigenvalue weighted by molar-refractivity contribution is -0.154. The van der Waals surface area contributed by atoms with E-state index in [1.165, 1.54) is 6.92 Å². The van der Waals surface area contributed by atoms with E-state index >= 15 is 0 Å². The fourth-order valence-electron chi connectivity index (χ4n) is 1.51. The Balaban J connectivity index is 1.93. The van der Waals surface area contributed by atoms with Crippen LogP contribution in [0.5, 0.6) is 0 Å². The quantitative estimate of drug-likeness (QED) is 0.756. The Morgan fingerprint density at radius 3 is 2.50 bits per heavy atom. The summed E-state index contributed by atoms with van der Waals surface area (Å²) in [6.07, 6.45) is -2.11. The van der Waals surface area contributed by atoms with Crippen LogP contribution in [0.4, 0.5) is 0 Å². The molecule has 7 heteroatoms. The van der Waals surface area contributed by atoms with E-state index in [0.29, 0.717) is 0 Å². The van der Waals surface area contributed by atoms with Gasteiger partial charge in [0.15, 0.2) is 0 Å². The first-order valence-corrected chi connectivity index (χ1v) is 6.63. The molecule has 2 atom stereocenters. The van der Waals surface area contributed by atoms with Crippen molar-refractivity contribution in [3.05, 3.63) is 35.9 Å². The van der Waals surface area contributed by atoms with Crippen LogP contribution in [-0.4, -0.2) is 26.6 Å². The van der Waals surface area contributed by atoms with Gasteiger partial charge >= 0.3 is 16.4 Å². The van der Waals surface area contributed by atoms with Crippen molar-refractivity contribution in [2.45, 2.75) is 25.7 Å². The minimum atomic E-state index is -4.07. The van der Waals surface area contributed by atoms with Crippen LogP contribution < -0.4 is 0 Å². The number of carbonyl (C=O) groups is 1. The Labute approximate surface area is 105 Å². The summed E-state index contributed by atoms with van der Waals surface area (Å²) in [6, 6.07) is 9.05. The van der Waals surface area contributed by atoms with Crippen LogP contribution in [0.2, 0.25) is 0 Å². The van der Waals surface area contributed by atoms with Crippen LogP contribution in [0.25, 0.3) is 0 Å². The van der Waals surface area contributed by atoms with Gasteiger partial charge in [-0.15, -0.1) is 0 Å². The molecule has 0 unspecified atom stereocenters. The Hall–Kier alpha value is -1.44. The molecule has 0 aliphatic carbocycles. The van der Waals surface area contributed by atoms with Gasteiger partial charge in [0.05, 0.1) is 0 Å². The standard InChI is InChI=1S/C11H12O6S/c1-8-10(17-18(13,14)16-8)11(12)15-7-9-5-3-2-4-6-9/h2-6,8,10H,7H2,1H3/t8-,10+/m1/s1. The molecule has 0 aromatic heterocycles. The molecular weight excluding hydrogens is 260 g/mol. The number of ether oxygens (including phenoxy) is 1. The minimum Gasteiger partial charge on any atom is -0.459 e. The van der Waals surface area contributed by atoms with Crippen molar-refractivity contribution in [1.82, 2.24) is 0 Å². The largest absolute Gasteiger partial charge is 0.459 e. The van der Waals surface area contributed by atoms with E-state index in [2.05, 4.69) is 8.37 Å². The van der Waals surface area contributed by atoms with E-state index in [1.54, 1.807) is 12.1 Å². The number of carbonyl (C=O) groups excluding carboxylic acids is 1. The number of benzene rings is 1. The van der Waals surface area contributed by atoms with Crippen molar-refractivity contribution in [2.75, 3.05) is 0 Å². The molecule has 0 N–H and O–H groups in total. The van der Waals surface area contributed by atoms with Gasteiger partial charge in [-0.2, -0.15) is 8.42 Å². The third-order valence-corrected chi connectivity index (χ3v) is 3.36. The van der Waals surface area contributed by atoms with E-state index in [4.69, 9.17) is 4.74 Å². The van der Waals surface area contributed by atoms with Gasteiger partial charge in [0.25, 0.3) is 0 Å². The molecular formula is C11H12O6S. The van der Waals surface area contributed by atoms with Gasteiger partial charge in [-0.1, -0.05) is 30.3 Å². The first-order valence-electron chi connectivity index (χ1n) is 5.30. The third-order valence-electron chi connectivity index (χ3n) is 2.37. The summed E-state index contributed by atoms with van der Waals surface area (Å²) in [4.78, 5) is 11.6. The molecule has 0 amide bonds. The molecule has 1 aliphatic heterocycles. The lowest BCUT2D eigenvalue weighted by Gasteiger charge is -2.10. The molecule has 6 nitrogen and oxygen atoms in total. The molecule has 1 aromatic rings. The van der Waals surface area contributed by atoms with E-state index in [1.807, 2.05) is 18.2 Å². The minimum absolute atomic E-state index is 0.0618. The molecule has 0 radical (unpaired) electrons. The average Bonchev–Trinajstić information content (AvgIpc) is 2.61. The van der Waals surface area contributed by atoms with Crippen LogP contribution in [-0.2, 0) is 34.9 Å². The summed E-state index contributed by atoms with van der Waals surface area (Å²) in [5, 5.41) is 0. The lowest BCUT2D eigenvalue weighted by Crippen LogP contribution is -2.30. The fourth-order valence-corrected chi connectivity index (χ4v) is 2.51. The van der Waals surface area contributed by atoms with E-state index in [-0.39, 0.29) is 6.61 Å². The Kier molecular flexibility index (Phi) is 3.65. The van der Waals surface area contributed by atoms with E-state index in [0.717, 1.165) is 5.56 Å². The monoisotopic (exact) mass is 272 g/mol. The number of esters is 1. The third kappa shape index (κ3) is 3.06. The molecule has 1 heterocycles. The Morgan fingerprint density at radius 1 is 1.28 bits per heavy atom. The summed E-state index contributed by atoms with van der Waals surface area (Å²) >= 11 is 0. The molecule has 1 saturated heterocycles. The highest BCUT2D eigenvalue weighted by atomic mass is 32.3. The molecule has 2 rings (SSSR count). The number of hydrogen-bond acceptors (Lipinski definition) is 6. The fraction of sp³-hybridized carbons (Fsp3) is 0.364. The summed E-state index contributed by atoms with van der Waals surface area (Å²) in [5.41, 5.74) is 0.806. The summed E-state index contributed by atoms with van der Waals surface area (Å²) in [7, 11) is -4.07. The molecule has 0 bridgehead atoms. The SMILES string of the molecule is C[C@H]1OS(=O)(=O)O[C@@H]1C(=O)OCc1ccccc1. The van der Waals surface area contributed by atoms with E-state index in [9.17, 15) is 13.2 Å². The smallest absolute Gasteiger partial charge is 0.401 e. The highest BCUT2D eigenvalue weighted by Crippen LogP contribution is 2.21. The van der Waals surface area contributed by atoms with Gasteiger partial charge in [-0.25, -0.2) is 13.2 Å². The second kappa shape index (κ2) is 5.05. The zero-order valence-electron chi connectivity index (χ0n) is 9.61. The van der Waals surface area contributed by atoms with Crippen LogP contribution in [0.15, 0.2) is 30.3 Å². The van der Waals surface area contributed by atoms with Gasteiger partial charge in [0.2, 0.25) is 6.10 Å². The maximum Gasteiger partial charge on any atom is 0.401 e. The summed E-state index contributed by atoms with van der Waals surface area (Å²) in [6.45, 7) is 1.49. The van der Waals surface area contributed by atoms with Crippen molar-refractivity contribution < 1.29 is 26.3 Å². The van der Waals surface area contributed by atoms with E-state index < -0.39 is 28.6 Å². The lowest BCUT2D eigenvalue weighted by atomic mass is 10.2. The van der Waals surface area contributed by atoms with Crippen molar-refractivity contribution in [1.29, 1.82) is 0 Å². The first-order chi connectivity index (χ1) is 8.48. The van der Waals surface area contributed by atoms with Gasteiger partial charge in [0.1, 0.15) is 12.7 Å². The topological polar surface area (TPSA) is 78.9 Å². The van der Waals surface area contributed by atoms with Crippen molar-refractivity contribution in [3.63, 3.8) is 0 Å². The predicted molar refractivity (Wildman–Crippen MR) is 60.6 cm³/mol. The van der Waals surface area contributed by atoms with Gasteiger partial charge in [-0.05, 0) is 12.5 Å². The molecule has 0 spiro atoms. The van der Waals surface area contributed by atoms with Gasteiger partial charge < -0.3 is 4.74 Å². The molecule has 1 aliphatic rings. The average molecular weight is 272 g/mol. The van der Waals surface area contributed by atoms with Crippen molar-refractivity contribution >= 4 is 16.4 Å². The summed E-state index contributed by atoms with van der Waals surface area (Å²) < 4.78 is 35.9. The zero-order chi connectivity index (χ0) is 13.2. The maximum absolute atomic E-state index is 11.6. The Bertz CT molecular complexity index is 524. The first kappa shape index (κ1) is 13.0. The molecule has 98 valence electrons. The van der Waals surface area contributed by atoms with Crippen LogP contribution in [0.3, 0.4) is 0 Å². The zero-order valence-corrected chi connectivity index (χ0v) is 10.4. The second-order valence-electron chi connectivity index (χ2n) is 3.82. The Morgan fingerprint density at radius 2 is 1.94 bits per heavy atom. The van der Waals surface area contributed by atoms with Crippen LogP contribution in [0.1, 0.15) is 12.5 Å². The normalized spacial score (nSPS) is 25.8. The molecule has 0 saturated carbocycles. The van der Waals surface area contributed by atoms with Gasteiger partial charge in [-0.3, -0.25) is 0 Å². The van der Waals surface area contributed by atoms with Crippen LogP contribution >= 0.6 is 0 Å². The highest BCUT2D eigenvalue weighted by molar-refractivity contribution is 7.82. The van der Waals surface area contributed by atoms with Crippen molar-refractivity contribution in [3.8, 4) is 0 Å². The predicted octanol–water partition coefficient (Wildman–Crippen LogP) is 0.778. The second-order valence-corrected chi connectivity index (χ2v) is 5.02. The molecule has 18 heavy (non-hydrogen) atoms. The highest BCUT2D eigenvalue weighted by Gasteiger charge is 2.43. The van der Waals surface area contributed by atoms with Crippen molar-refractivity contribution in [2.24, 2.45) is 0 Å². The summed E-state index contributed by atoms with van der Waals surface area (Å²) in [5.74, 6) is -0.757.